The third-order valence-electron chi connectivity index (χ3n) is 1.26. The third-order valence-corrected chi connectivity index (χ3v) is 1.26. The zero-order valence-corrected chi connectivity index (χ0v) is 6.92. The van der Waals surface area contributed by atoms with E-state index in [4.69, 9.17) is 9.84 Å². The summed E-state index contributed by atoms with van der Waals surface area (Å²) in [4.78, 5) is 0. The Morgan fingerprint density at radius 1 is 1.40 bits per heavy atom. The fraction of sp³-hybridized carbons (Fsp3) is 1.00. The van der Waals surface area contributed by atoms with Gasteiger partial charge in [0.05, 0.1) is 13.2 Å². The third kappa shape index (κ3) is 4.73. The predicted molar refractivity (Wildman–Crippen MR) is 41.0 cm³/mol. The van der Waals surface area contributed by atoms with Crippen molar-refractivity contribution in [1.29, 1.82) is 0 Å². The molecule has 0 rings (SSSR count). The van der Waals surface area contributed by atoms with Crippen molar-refractivity contribution < 1.29 is 9.84 Å². The van der Waals surface area contributed by atoms with Crippen LogP contribution in [0.3, 0.4) is 0 Å². The molecular weight excluding hydrogens is 130 g/mol. The molecule has 0 radical (unpaired) electrons. The number of rotatable bonds is 5. The normalized spacial score (nSPS) is 16.8. The molecular formula is C7H17NO2. The second-order valence-corrected chi connectivity index (χ2v) is 2.61. The second-order valence-electron chi connectivity index (χ2n) is 2.61. The van der Waals surface area contributed by atoms with Crippen LogP contribution in [0.5, 0.6) is 0 Å². The van der Waals surface area contributed by atoms with Crippen LogP contribution in [-0.4, -0.2) is 37.5 Å². The van der Waals surface area contributed by atoms with Gasteiger partial charge in [0.15, 0.2) is 0 Å². The van der Waals surface area contributed by atoms with E-state index >= 15 is 0 Å². The maximum Gasteiger partial charge on any atom is 0.0613 e. The Morgan fingerprint density at radius 3 is 2.40 bits per heavy atom. The predicted octanol–water partition coefficient (Wildman–Crippen LogP) is -0.00830. The molecule has 0 aromatic carbocycles. The molecule has 2 atom stereocenters. The first-order valence-corrected chi connectivity index (χ1v) is 3.56. The quantitative estimate of drug-likeness (QED) is 0.575. The van der Waals surface area contributed by atoms with Crippen LogP contribution in [0.25, 0.3) is 0 Å². The number of hydrogen-bond donors (Lipinski definition) is 2. The Morgan fingerprint density at radius 2 is 2.00 bits per heavy atom. The van der Waals surface area contributed by atoms with Crippen LogP contribution in [-0.2, 0) is 4.74 Å². The number of ether oxygens (including phenoxy) is 1. The van der Waals surface area contributed by atoms with Crippen molar-refractivity contribution in [2.75, 3.05) is 20.3 Å². The lowest BCUT2D eigenvalue weighted by atomic mass is 10.3. The first-order chi connectivity index (χ1) is 4.70. The topological polar surface area (TPSA) is 41.5 Å². The Kier molecular flexibility index (Phi) is 5.58. The van der Waals surface area contributed by atoms with Crippen LogP contribution >= 0.6 is 0 Å². The summed E-state index contributed by atoms with van der Waals surface area (Å²) < 4.78 is 4.90. The monoisotopic (exact) mass is 147 g/mol. The van der Waals surface area contributed by atoms with Gasteiger partial charge in [-0.3, -0.25) is 0 Å². The van der Waals surface area contributed by atoms with Crippen LogP contribution < -0.4 is 5.32 Å². The largest absolute Gasteiger partial charge is 0.395 e. The summed E-state index contributed by atoms with van der Waals surface area (Å²) in [6.45, 7) is 4.82. The lowest BCUT2D eigenvalue weighted by molar-refractivity contribution is 0.157. The summed E-state index contributed by atoms with van der Waals surface area (Å²) in [5, 5.41) is 11.8. The van der Waals surface area contributed by atoms with Crippen molar-refractivity contribution in [2.45, 2.75) is 25.9 Å². The second kappa shape index (κ2) is 5.65. The minimum atomic E-state index is 0.158. The van der Waals surface area contributed by atoms with Gasteiger partial charge < -0.3 is 15.2 Å². The smallest absolute Gasteiger partial charge is 0.0613 e. The molecule has 0 aliphatic carbocycles. The van der Waals surface area contributed by atoms with Crippen molar-refractivity contribution in [2.24, 2.45) is 0 Å². The van der Waals surface area contributed by atoms with Gasteiger partial charge in [0.25, 0.3) is 0 Å². The summed E-state index contributed by atoms with van der Waals surface area (Å²) >= 11 is 0. The van der Waals surface area contributed by atoms with E-state index in [1.807, 2.05) is 13.8 Å². The van der Waals surface area contributed by atoms with E-state index in [0.717, 1.165) is 0 Å². The fourth-order valence-electron chi connectivity index (χ4n) is 0.837. The number of nitrogens with one attached hydrogen (secondary N) is 1. The average molecular weight is 147 g/mol. The van der Waals surface area contributed by atoms with E-state index in [1.54, 1.807) is 7.11 Å². The molecule has 62 valence electrons. The molecule has 1 unspecified atom stereocenters. The fourth-order valence-corrected chi connectivity index (χ4v) is 0.837. The SMILES string of the molecule is COC[C@@H](C)NC(C)CO. The molecule has 0 aliphatic rings. The minimum Gasteiger partial charge on any atom is -0.395 e. The summed E-state index contributed by atoms with van der Waals surface area (Å²) in [5.74, 6) is 0. The van der Waals surface area contributed by atoms with Crippen LogP contribution in [0, 0.1) is 0 Å². The lowest BCUT2D eigenvalue weighted by Gasteiger charge is -2.16. The Bertz CT molecular complexity index is 78.0. The zero-order valence-electron chi connectivity index (χ0n) is 6.92. The van der Waals surface area contributed by atoms with Gasteiger partial charge in [-0.05, 0) is 13.8 Å². The molecule has 3 nitrogen and oxygen atoms in total. The van der Waals surface area contributed by atoms with Gasteiger partial charge in [-0.1, -0.05) is 0 Å². The first-order valence-electron chi connectivity index (χ1n) is 3.56. The van der Waals surface area contributed by atoms with Gasteiger partial charge in [-0.2, -0.15) is 0 Å². The number of aliphatic hydroxyl groups excluding tert-OH is 1. The number of aliphatic hydroxyl groups is 1. The van der Waals surface area contributed by atoms with E-state index < -0.39 is 0 Å². The summed E-state index contributed by atoms with van der Waals surface area (Å²) in [6.07, 6.45) is 0. The summed E-state index contributed by atoms with van der Waals surface area (Å²) in [7, 11) is 1.67. The molecule has 0 bridgehead atoms. The highest BCUT2D eigenvalue weighted by molar-refractivity contribution is 4.64. The van der Waals surface area contributed by atoms with E-state index in [9.17, 15) is 0 Å². The van der Waals surface area contributed by atoms with E-state index in [1.165, 1.54) is 0 Å². The van der Waals surface area contributed by atoms with Crippen LogP contribution in [0.15, 0.2) is 0 Å². The van der Waals surface area contributed by atoms with E-state index in [-0.39, 0.29) is 12.6 Å². The molecule has 3 heteroatoms. The Hall–Kier alpha value is -0.120. The minimum absolute atomic E-state index is 0.158. The highest BCUT2D eigenvalue weighted by atomic mass is 16.5. The van der Waals surface area contributed by atoms with Crippen LogP contribution in [0.2, 0.25) is 0 Å². The molecule has 0 spiro atoms. The molecule has 0 amide bonds. The van der Waals surface area contributed by atoms with E-state index in [0.29, 0.717) is 12.6 Å². The Balaban J connectivity index is 3.27. The average Bonchev–Trinajstić information content (AvgIpc) is 1.88. The molecule has 10 heavy (non-hydrogen) atoms. The van der Waals surface area contributed by atoms with Crippen molar-refractivity contribution in [1.82, 2.24) is 5.32 Å². The molecule has 0 aromatic heterocycles. The molecule has 2 N–H and O–H groups in total. The molecule has 0 aliphatic heterocycles. The molecule has 0 heterocycles. The Labute approximate surface area is 62.4 Å². The summed E-state index contributed by atoms with van der Waals surface area (Å²) in [6, 6.07) is 0.470. The van der Waals surface area contributed by atoms with Gasteiger partial charge in [0.2, 0.25) is 0 Å². The maximum atomic E-state index is 8.65. The van der Waals surface area contributed by atoms with Crippen molar-refractivity contribution >= 4 is 0 Å². The highest BCUT2D eigenvalue weighted by Crippen LogP contribution is 1.86. The molecule has 0 saturated heterocycles. The van der Waals surface area contributed by atoms with Crippen molar-refractivity contribution in [3.05, 3.63) is 0 Å². The van der Waals surface area contributed by atoms with Gasteiger partial charge >= 0.3 is 0 Å². The summed E-state index contributed by atoms with van der Waals surface area (Å²) in [5.41, 5.74) is 0. The van der Waals surface area contributed by atoms with Gasteiger partial charge in [0, 0.05) is 19.2 Å². The number of methoxy groups -OCH3 is 1. The van der Waals surface area contributed by atoms with Crippen molar-refractivity contribution in [3.8, 4) is 0 Å². The highest BCUT2D eigenvalue weighted by Gasteiger charge is 2.04. The van der Waals surface area contributed by atoms with E-state index in [2.05, 4.69) is 5.32 Å². The standard InChI is InChI=1S/C7H17NO2/c1-6(4-9)8-7(2)5-10-3/h6-9H,4-5H2,1-3H3/t6?,7-/m1/s1. The van der Waals surface area contributed by atoms with Crippen LogP contribution in [0.4, 0.5) is 0 Å². The molecule has 0 saturated carbocycles. The number of hydrogen-bond acceptors (Lipinski definition) is 3. The first kappa shape index (κ1) is 9.88. The van der Waals surface area contributed by atoms with Gasteiger partial charge in [-0.15, -0.1) is 0 Å². The van der Waals surface area contributed by atoms with Crippen LogP contribution in [0.1, 0.15) is 13.8 Å². The maximum absolute atomic E-state index is 8.65. The zero-order chi connectivity index (χ0) is 7.98. The van der Waals surface area contributed by atoms with Gasteiger partial charge in [-0.25, -0.2) is 0 Å². The molecule has 0 aromatic rings. The lowest BCUT2D eigenvalue weighted by Crippen LogP contribution is -2.39. The molecule has 0 fully saturated rings. The van der Waals surface area contributed by atoms with Crippen molar-refractivity contribution in [3.63, 3.8) is 0 Å². The van der Waals surface area contributed by atoms with Gasteiger partial charge in [0.1, 0.15) is 0 Å².